The van der Waals surface area contributed by atoms with Crippen LogP contribution in [-0.4, -0.2) is 25.5 Å². The van der Waals surface area contributed by atoms with E-state index < -0.39 is 0 Å². The minimum atomic E-state index is 0.214. The van der Waals surface area contributed by atoms with Crippen LogP contribution < -0.4 is 10.6 Å². The molecule has 1 aliphatic rings. The zero-order chi connectivity index (χ0) is 12.9. The van der Waals surface area contributed by atoms with Crippen LogP contribution in [0.5, 0.6) is 0 Å². The highest BCUT2D eigenvalue weighted by Gasteiger charge is 2.27. The summed E-state index contributed by atoms with van der Waals surface area (Å²) in [7, 11) is 0. The Balaban J connectivity index is 2.27. The van der Waals surface area contributed by atoms with Crippen LogP contribution in [0.3, 0.4) is 0 Å². The fourth-order valence-corrected chi connectivity index (χ4v) is 2.12. The van der Waals surface area contributed by atoms with Crippen LogP contribution >= 0.6 is 0 Å². The molecule has 1 amide bonds. The average Bonchev–Trinajstić information content (AvgIpc) is 2.27. The standard InChI is InChI=1S/C14H28N2O/c1-11(2)12(3)9-13(17)16-10-14(4)5-7-15-8-6-14/h11-12,15H,5-10H2,1-4H3,(H,16,17). The molecule has 1 rings (SSSR count). The summed E-state index contributed by atoms with van der Waals surface area (Å²) < 4.78 is 0. The summed E-state index contributed by atoms with van der Waals surface area (Å²) in [5.41, 5.74) is 0.294. The molecule has 0 spiro atoms. The summed E-state index contributed by atoms with van der Waals surface area (Å²) >= 11 is 0. The second-order valence-electron chi connectivity index (χ2n) is 6.26. The highest BCUT2D eigenvalue weighted by molar-refractivity contribution is 5.76. The lowest BCUT2D eigenvalue weighted by Gasteiger charge is -2.34. The Bertz CT molecular complexity index is 245. The first kappa shape index (κ1) is 14.5. The highest BCUT2D eigenvalue weighted by atomic mass is 16.1. The molecule has 1 fully saturated rings. The lowest BCUT2D eigenvalue weighted by atomic mass is 9.81. The predicted octanol–water partition coefficient (Wildman–Crippen LogP) is 2.17. The smallest absolute Gasteiger partial charge is 0.220 e. The number of hydrogen-bond donors (Lipinski definition) is 2. The number of rotatable bonds is 5. The van der Waals surface area contributed by atoms with Gasteiger partial charge >= 0.3 is 0 Å². The van der Waals surface area contributed by atoms with Gasteiger partial charge in [0.1, 0.15) is 0 Å². The van der Waals surface area contributed by atoms with Gasteiger partial charge in [-0.1, -0.05) is 27.7 Å². The third-order valence-corrected chi connectivity index (χ3v) is 4.17. The van der Waals surface area contributed by atoms with E-state index in [1.807, 2.05) is 0 Å². The summed E-state index contributed by atoms with van der Waals surface area (Å²) in [6, 6.07) is 0. The maximum absolute atomic E-state index is 11.8. The molecule has 1 atom stereocenters. The summed E-state index contributed by atoms with van der Waals surface area (Å²) in [6.45, 7) is 11.8. The van der Waals surface area contributed by atoms with E-state index in [1.54, 1.807) is 0 Å². The predicted molar refractivity (Wildman–Crippen MR) is 71.8 cm³/mol. The van der Waals surface area contributed by atoms with Crippen LogP contribution in [0.15, 0.2) is 0 Å². The first-order valence-electron chi connectivity index (χ1n) is 6.90. The molecule has 0 bridgehead atoms. The lowest BCUT2D eigenvalue weighted by molar-refractivity contribution is -0.122. The zero-order valence-electron chi connectivity index (χ0n) is 11.8. The maximum Gasteiger partial charge on any atom is 0.220 e. The average molecular weight is 240 g/mol. The molecule has 3 nitrogen and oxygen atoms in total. The van der Waals surface area contributed by atoms with E-state index in [0.29, 0.717) is 23.7 Å². The Morgan fingerprint density at radius 2 is 1.88 bits per heavy atom. The van der Waals surface area contributed by atoms with Crippen LogP contribution in [0.25, 0.3) is 0 Å². The number of piperidine rings is 1. The lowest BCUT2D eigenvalue weighted by Crippen LogP contribution is -2.43. The van der Waals surface area contributed by atoms with Gasteiger partial charge in [-0.2, -0.15) is 0 Å². The van der Waals surface area contributed by atoms with Crippen molar-refractivity contribution in [3.8, 4) is 0 Å². The number of hydrogen-bond acceptors (Lipinski definition) is 2. The molecule has 0 aromatic rings. The van der Waals surface area contributed by atoms with E-state index in [0.717, 1.165) is 32.5 Å². The van der Waals surface area contributed by atoms with Gasteiger partial charge in [-0.25, -0.2) is 0 Å². The summed E-state index contributed by atoms with van der Waals surface area (Å²) in [4.78, 5) is 11.8. The third-order valence-electron chi connectivity index (χ3n) is 4.17. The number of amides is 1. The van der Waals surface area contributed by atoms with E-state index in [9.17, 15) is 4.79 Å². The van der Waals surface area contributed by atoms with Crippen molar-refractivity contribution in [2.24, 2.45) is 17.3 Å². The van der Waals surface area contributed by atoms with Gasteiger partial charge in [-0.15, -0.1) is 0 Å². The maximum atomic E-state index is 11.8. The Morgan fingerprint density at radius 3 is 2.41 bits per heavy atom. The van der Waals surface area contributed by atoms with Crippen LogP contribution in [0, 0.1) is 17.3 Å². The number of nitrogens with one attached hydrogen (secondary N) is 2. The molecule has 1 unspecified atom stereocenters. The molecule has 0 aliphatic carbocycles. The summed E-state index contributed by atoms with van der Waals surface area (Å²) in [6.07, 6.45) is 2.98. The van der Waals surface area contributed by atoms with E-state index in [4.69, 9.17) is 0 Å². The molecule has 0 aromatic heterocycles. The van der Waals surface area contributed by atoms with Gasteiger partial charge in [0.15, 0.2) is 0 Å². The Kier molecular flexibility index (Phi) is 5.44. The topological polar surface area (TPSA) is 41.1 Å². The van der Waals surface area contributed by atoms with Crippen molar-refractivity contribution in [2.45, 2.75) is 47.0 Å². The number of carbonyl (C=O) groups is 1. The highest BCUT2D eigenvalue weighted by Crippen LogP contribution is 2.26. The Labute approximate surface area is 106 Å². The minimum absolute atomic E-state index is 0.214. The van der Waals surface area contributed by atoms with E-state index in [2.05, 4.69) is 38.3 Å². The fraction of sp³-hybridized carbons (Fsp3) is 0.929. The summed E-state index contributed by atoms with van der Waals surface area (Å²) in [5.74, 6) is 1.26. The number of carbonyl (C=O) groups excluding carboxylic acids is 1. The molecular weight excluding hydrogens is 212 g/mol. The second kappa shape index (κ2) is 6.39. The molecule has 3 heteroatoms. The minimum Gasteiger partial charge on any atom is -0.356 e. The van der Waals surface area contributed by atoms with Crippen LogP contribution in [0.4, 0.5) is 0 Å². The normalized spacial score (nSPS) is 21.2. The largest absolute Gasteiger partial charge is 0.356 e. The molecule has 17 heavy (non-hydrogen) atoms. The SMILES string of the molecule is CC(C)C(C)CC(=O)NCC1(C)CCNCC1. The molecule has 1 aliphatic heterocycles. The van der Waals surface area contributed by atoms with Gasteiger partial charge in [-0.05, 0) is 43.2 Å². The van der Waals surface area contributed by atoms with E-state index in [-0.39, 0.29) is 5.91 Å². The molecule has 1 saturated heterocycles. The van der Waals surface area contributed by atoms with Crippen molar-refractivity contribution in [2.75, 3.05) is 19.6 Å². The van der Waals surface area contributed by atoms with Crippen molar-refractivity contribution < 1.29 is 4.79 Å². The van der Waals surface area contributed by atoms with Gasteiger partial charge < -0.3 is 10.6 Å². The van der Waals surface area contributed by atoms with Crippen LogP contribution in [0.2, 0.25) is 0 Å². The van der Waals surface area contributed by atoms with E-state index in [1.165, 1.54) is 0 Å². The first-order valence-corrected chi connectivity index (χ1v) is 6.90. The Morgan fingerprint density at radius 1 is 1.29 bits per heavy atom. The molecule has 100 valence electrons. The van der Waals surface area contributed by atoms with Gasteiger partial charge in [0.2, 0.25) is 5.91 Å². The zero-order valence-corrected chi connectivity index (χ0v) is 11.8. The molecule has 0 aromatic carbocycles. The second-order valence-corrected chi connectivity index (χ2v) is 6.26. The molecular formula is C14H28N2O. The molecule has 0 saturated carbocycles. The fourth-order valence-electron chi connectivity index (χ4n) is 2.12. The van der Waals surface area contributed by atoms with Crippen molar-refractivity contribution in [1.29, 1.82) is 0 Å². The van der Waals surface area contributed by atoms with Crippen molar-refractivity contribution >= 4 is 5.91 Å². The molecule has 0 radical (unpaired) electrons. The Hall–Kier alpha value is -0.570. The van der Waals surface area contributed by atoms with E-state index >= 15 is 0 Å². The van der Waals surface area contributed by atoms with Crippen LogP contribution in [0.1, 0.15) is 47.0 Å². The quantitative estimate of drug-likeness (QED) is 0.773. The van der Waals surface area contributed by atoms with Gasteiger partial charge in [0.25, 0.3) is 0 Å². The van der Waals surface area contributed by atoms with Crippen molar-refractivity contribution in [3.05, 3.63) is 0 Å². The first-order chi connectivity index (χ1) is 7.93. The van der Waals surface area contributed by atoms with Crippen LogP contribution in [-0.2, 0) is 4.79 Å². The molecule has 1 heterocycles. The summed E-state index contributed by atoms with van der Waals surface area (Å²) in [5, 5.41) is 6.47. The van der Waals surface area contributed by atoms with Crippen molar-refractivity contribution in [1.82, 2.24) is 10.6 Å². The van der Waals surface area contributed by atoms with Crippen molar-refractivity contribution in [3.63, 3.8) is 0 Å². The monoisotopic (exact) mass is 240 g/mol. The molecule has 2 N–H and O–H groups in total. The third kappa shape index (κ3) is 5.07. The van der Waals surface area contributed by atoms with Gasteiger partial charge in [0.05, 0.1) is 0 Å². The van der Waals surface area contributed by atoms with Gasteiger partial charge in [0, 0.05) is 13.0 Å². The van der Waals surface area contributed by atoms with Gasteiger partial charge in [-0.3, -0.25) is 4.79 Å².